The van der Waals surface area contributed by atoms with Crippen molar-refractivity contribution < 1.29 is 9.84 Å². The minimum Gasteiger partial charge on any atom is -0.497 e. The fraction of sp³-hybridized carbons (Fsp3) is 0.400. The van der Waals surface area contributed by atoms with Gasteiger partial charge in [0.25, 0.3) is 0 Å². The van der Waals surface area contributed by atoms with E-state index >= 15 is 0 Å². The highest BCUT2D eigenvalue weighted by Gasteiger charge is 2.19. The molecule has 1 aliphatic rings. The second kappa shape index (κ2) is 8.18. The maximum absolute atomic E-state index is 9.11. The van der Waals surface area contributed by atoms with Crippen LogP contribution in [-0.4, -0.2) is 36.2 Å². The maximum atomic E-state index is 9.11. The molecule has 0 aliphatic carbocycles. The van der Waals surface area contributed by atoms with Crippen molar-refractivity contribution in [1.29, 1.82) is 0 Å². The topological polar surface area (TPSA) is 44.7 Å². The Morgan fingerprint density at radius 1 is 1.08 bits per heavy atom. The number of aliphatic hydroxyl groups excluding tert-OH is 1. The van der Waals surface area contributed by atoms with Gasteiger partial charge in [0.05, 0.1) is 13.7 Å². The zero-order chi connectivity index (χ0) is 16.8. The van der Waals surface area contributed by atoms with Gasteiger partial charge < -0.3 is 15.2 Å². The Kier molecular flexibility index (Phi) is 5.72. The zero-order valence-electron chi connectivity index (χ0n) is 14.2. The van der Waals surface area contributed by atoms with E-state index in [1.165, 1.54) is 5.56 Å². The third-order valence-electron chi connectivity index (χ3n) is 4.64. The van der Waals surface area contributed by atoms with Crippen LogP contribution in [-0.2, 0) is 13.2 Å². The van der Waals surface area contributed by atoms with Crippen LogP contribution in [0.5, 0.6) is 5.75 Å². The molecule has 2 aromatic carbocycles. The van der Waals surface area contributed by atoms with E-state index in [0.717, 1.165) is 49.5 Å². The average Bonchev–Trinajstić information content (AvgIpc) is 2.64. The number of methoxy groups -OCH3 is 1. The summed E-state index contributed by atoms with van der Waals surface area (Å²) in [7, 11) is 1.70. The van der Waals surface area contributed by atoms with Crippen LogP contribution in [0.1, 0.15) is 24.0 Å². The van der Waals surface area contributed by atoms with E-state index in [4.69, 9.17) is 9.84 Å². The first-order valence-corrected chi connectivity index (χ1v) is 8.58. The van der Waals surface area contributed by atoms with Crippen LogP contribution >= 0.6 is 0 Å². The Labute approximate surface area is 144 Å². The van der Waals surface area contributed by atoms with Crippen molar-refractivity contribution in [2.24, 2.45) is 0 Å². The predicted molar refractivity (Wildman–Crippen MR) is 97.3 cm³/mol. The molecule has 2 N–H and O–H groups in total. The van der Waals surface area contributed by atoms with Crippen molar-refractivity contribution in [3.05, 3.63) is 59.7 Å². The van der Waals surface area contributed by atoms with Crippen molar-refractivity contribution in [2.45, 2.75) is 32.0 Å². The Balaban J connectivity index is 1.48. The van der Waals surface area contributed by atoms with Crippen LogP contribution in [0.4, 0.5) is 5.69 Å². The molecule has 4 nitrogen and oxygen atoms in total. The van der Waals surface area contributed by atoms with Crippen LogP contribution in [0, 0.1) is 0 Å². The van der Waals surface area contributed by atoms with Crippen molar-refractivity contribution >= 4 is 5.69 Å². The van der Waals surface area contributed by atoms with Gasteiger partial charge in [-0.3, -0.25) is 4.90 Å². The van der Waals surface area contributed by atoms with E-state index in [9.17, 15) is 0 Å². The summed E-state index contributed by atoms with van der Waals surface area (Å²) < 4.78 is 5.28. The number of hydrogen-bond acceptors (Lipinski definition) is 4. The minimum absolute atomic E-state index is 0.113. The number of likely N-dealkylation sites (tertiary alicyclic amines) is 1. The lowest BCUT2D eigenvalue weighted by molar-refractivity contribution is 0.211. The number of aliphatic hydroxyl groups is 1. The summed E-state index contributed by atoms with van der Waals surface area (Å²) >= 11 is 0. The highest BCUT2D eigenvalue weighted by atomic mass is 16.5. The van der Waals surface area contributed by atoms with Gasteiger partial charge in [0.2, 0.25) is 0 Å². The zero-order valence-corrected chi connectivity index (χ0v) is 14.2. The summed E-state index contributed by atoms with van der Waals surface area (Å²) in [6, 6.07) is 16.9. The third kappa shape index (κ3) is 4.49. The Morgan fingerprint density at radius 2 is 1.79 bits per heavy atom. The molecule has 0 atom stereocenters. The van der Waals surface area contributed by atoms with Crippen molar-refractivity contribution in [3.8, 4) is 5.75 Å². The van der Waals surface area contributed by atoms with Crippen molar-refractivity contribution in [2.75, 3.05) is 25.5 Å². The van der Waals surface area contributed by atoms with Gasteiger partial charge >= 0.3 is 0 Å². The van der Waals surface area contributed by atoms with Gasteiger partial charge in [-0.2, -0.15) is 0 Å². The highest BCUT2D eigenvalue weighted by Crippen LogP contribution is 2.21. The monoisotopic (exact) mass is 326 g/mol. The van der Waals surface area contributed by atoms with Crippen molar-refractivity contribution in [3.63, 3.8) is 0 Å². The lowest BCUT2D eigenvalue weighted by Gasteiger charge is -2.33. The summed E-state index contributed by atoms with van der Waals surface area (Å²) in [4.78, 5) is 2.50. The summed E-state index contributed by atoms with van der Waals surface area (Å²) in [6.45, 7) is 3.30. The number of anilines is 1. The van der Waals surface area contributed by atoms with Crippen LogP contribution in [0.3, 0.4) is 0 Å². The predicted octanol–water partition coefficient (Wildman–Crippen LogP) is 3.26. The second-order valence-electron chi connectivity index (χ2n) is 6.40. The molecule has 0 radical (unpaired) electrons. The van der Waals surface area contributed by atoms with E-state index in [2.05, 4.69) is 34.5 Å². The molecule has 0 unspecified atom stereocenters. The molecule has 3 rings (SSSR count). The normalized spacial score (nSPS) is 16.1. The maximum Gasteiger partial charge on any atom is 0.120 e. The molecule has 0 bridgehead atoms. The summed E-state index contributed by atoms with van der Waals surface area (Å²) in [5.41, 5.74) is 3.42. The third-order valence-corrected chi connectivity index (χ3v) is 4.64. The molecule has 24 heavy (non-hydrogen) atoms. The van der Waals surface area contributed by atoms with Gasteiger partial charge in [-0.25, -0.2) is 0 Å². The summed E-state index contributed by atoms with van der Waals surface area (Å²) in [5, 5.41) is 12.7. The highest BCUT2D eigenvalue weighted by molar-refractivity contribution is 5.48. The van der Waals surface area contributed by atoms with Crippen LogP contribution < -0.4 is 10.1 Å². The quantitative estimate of drug-likeness (QED) is 0.855. The van der Waals surface area contributed by atoms with E-state index < -0.39 is 0 Å². The summed E-state index contributed by atoms with van der Waals surface area (Å²) in [6.07, 6.45) is 2.29. The van der Waals surface area contributed by atoms with Crippen molar-refractivity contribution in [1.82, 2.24) is 4.90 Å². The van der Waals surface area contributed by atoms with Crippen LogP contribution in [0.25, 0.3) is 0 Å². The van der Waals surface area contributed by atoms with E-state index in [0.29, 0.717) is 6.04 Å². The Bertz CT molecular complexity index is 634. The second-order valence-corrected chi connectivity index (χ2v) is 6.40. The van der Waals surface area contributed by atoms with Crippen LogP contribution in [0.15, 0.2) is 48.5 Å². The number of ether oxygens (including phenoxy) is 1. The summed E-state index contributed by atoms with van der Waals surface area (Å²) in [5.74, 6) is 0.892. The first-order valence-electron chi connectivity index (χ1n) is 8.58. The molecule has 0 amide bonds. The number of piperidine rings is 1. The standard InChI is InChI=1S/C20H26N2O2/c1-24-20-4-2-3-19(13-20)21-18-9-11-22(12-10-18)14-16-5-7-17(15-23)8-6-16/h2-8,13,18,21,23H,9-12,14-15H2,1H3. The molecule has 0 aromatic heterocycles. The smallest absolute Gasteiger partial charge is 0.120 e. The molecule has 4 heteroatoms. The molecule has 1 heterocycles. The lowest BCUT2D eigenvalue weighted by Crippen LogP contribution is -2.38. The van der Waals surface area contributed by atoms with Gasteiger partial charge in [-0.1, -0.05) is 30.3 Å². The number of rotatable bonds is 6. The number of benzene rings is 2. The fourth-order valence-electron chi connectivity index (χ4n) is 3.19. The molecule has 0 saturated carbocycles. The van der Waals surface area contributed by atoms with Gasteiger partial charge in [0.1, 0.15) is 5.75 Å². The fourth-order valence-corrected chi connectivity index (χ4v) is 3.19. The number of hydrogen-bond donors (Lipinski definition) is 2. The Hall–Kier alpha value is -2.04. The molecule has 0 spiro atoms. The van der Waals surface area contributed by atoms with Gasteiger partial charge in [0.15, 0.2) is 0 Å². The first-order chi connectivity index (χ1) is 11.8. The molecule has 2 aromatic rings. The molecular formula is C20H26N2O2. The molecule has 128 valence electrons. The first kappa shape index (κ1) is 16.8. The average molecular weight is 326 g/mol. The SMILES string of the molecule is COc1cccc(NC2CCN(Cc3ccc(CO)cc3)CC2)c1. The molecular weight excluding hydrogens is 300 g/mol. The largest absolute Gasteiger partial charge is 0.497 e. The lowest BCUT2D eigenvalue weighted by atomic mass is 10.0. The Morgan fingerprint density at radius 3 is 2.46 bits per heavy atom. The van der Waals surface area contributed by atoms with E-state index in [1.807, 2.05) is 24.3 Å². The van der Waals surface area contributed by atoms with E-state index in [1.54, 1.807) is 7.11 Å². The molecule has 1 aliphatic heterocycles. The van der Waals surface area contributed by atoms with Gasteiger partial charge in [0, 0.05) is 37.4 Å². The number of nitrogens with zero attached hydrogens (tertiary/aromatic N) is 1. The van der Waals surface area contributed by atoms with Crippen LogP contribution in [0.2, 0.25) is 0 Å². The molecule has 1 fully saturated rings. The van der Waals surface area contributed by atoms with E-state index in [-0.39, 0.29) is 6.61 Å². The number of nitrogens with one attached hydrogen (secondary N) is 1. The van der Waals surface area contributed by atoms with Gasteiger partial charge in [-0.05, 0) is 36.1 Å². The van der Waals surface area contributed by atoms with Gasteiger partial charge in [-0.15, -0.1) is 0 Å². The molecule has 1 saturated heterocycles. The minimum atomic E-state index is 0.113.